The van der Waals surface area contributed by atoms with Gasteiger partial charge < -0.3 is 28.8 Å². The number of phosphoric acid groups is 1. The first-order chi connectivity index (χ1) is 22.5. The van der Waals surface area contributed by atoms with E-state index in [0.29, 0.717) is 17.4 Å². The van der Waals surface area contributed by atoms with E-state index in [2.05, 4.69) is 19.2 Å². The Morgan fingerprint density at radius 1 is 0.723 bits per heavy atom. The lowest BCUT2D eigenvalue weighted by Crippen LogP contribution is -2.45. The number of nitrogens with zero attached hydrogens (tertiary/aromatic N) is 1. The third-order valence-corrected chi connectivity index (χ3v) is 9.71. The highest BCUT2D eigenvalue weighted by Crippen LogP contribution is 2.38. The maximum absolute atomic E-state index is 12.7. The topological polar surface area (TPSA) is 108 Å². The Kier molecular flexibility index (Phi) is 30.7. The number of likely N-dealkylation sites (N-methyl/N-ethyl adjacent to an activating group) is 1. The minimum Gasteiger partial charge on any atom is -0.756 e. The van der Waals surface area contributed by atoms with Crippen LogP contribution in [0.3, 0.4) is 0 Å². The summed E-state index contributed by atoms with van der Waals surface area (Å²) in [7, 11) is 1.26. The number of aliphatic hydroxyl groups is 1. The number of allylic oxidation sites excluding steroid dienone is 1. The predicted molar refractivity (Wildman–Crippen MR) is 196 cm³/mol. The molecule has 0 aliphatic carbocycles. The molecule has 0 fully saturated rings. The van der Waals surface area contributed by atoms with E-state index < -0.39 is 20.0 Å². The van der Waals surface area contributed by atoms with Crippen molar-refractivity contribution in [2.75, 3.05) is 40.9 Å². The van der Waals surface area contributed by atoms with Gasteiger partial charge in [0.2, 0.25) is 5.91 Å². The number of quaternary nitrogens is 1. The van der Waals surface area contributed by atoms with Crippen LogP contribution in [0.5, 0.6) is 0 Å². The summed E-state index contributed by atoms with van der Waals surface area (Å²) < 4.78 is 23.1. The van der Waals surface area contributed by atoms with Gasteiger partial charge in [-0.05, 0) is 19.3 Å². The standard InChI is InChI=1S/C38H77N2O6P/c1-6-8-10-12-14-16-18-19-20-22-23-25-27-29-31-37(41)36(35-46-47(43,44)45-34-33-40(3,4)5)39-38(42)32-30-28-26-24-21-17-15-13-11-9-7-2/h29,31,36-37,41H,6-28,30,32-35H2,1-5H3,(H-,39,42,43,44)/b31-29+. The van der Waals surface area contributed by atoms with Gasteiger partial charge in [-0.25, -0.2) is 0 Å². The molecule has 2 N–H and O–H groups in total. The van der Waals surface area contributed by atoms with Crippen molar-refractivity contribution in [3.05, 3.63) is 12.2 Å². The van der Waals surface area contributed by atoms with E-state index in [9.17, 15) is 19.4 Å². The Morgan fingerprint density at radius 2 is 1.15 bits per heavy atom. The third kappa shape index (κ3) is 33.5. The first-order valence-electron chi connectivity index (χ1n) is 19.6. The van der Waals surface area contributed by atoms with Crippen LogP contribution in [0.2, 0.25) is 0 Å². The zero-order chi connectivity index (χ0) is 35.1. The van der Waals surface area contributed by atoms with Crippen LogP contribution in [0.15, 0.2) is 12.2 Å². The van der Waals surface area contributed by atoms with Crippen LogP contribution in [-0.4, -0.2) is 68.5 Å². The zero-order valence-corrected chi connectivity index (χ0v) is 32.4. The monoisotopic (exact) mass is 689 g/mol. The Morgan fingerprint density at radius 3 is 1.60 bits per heavy atom. The lowest BCUT2D eigenvalue weighted by Gasteiger charge is -2.29. The Hall–Kier alpha value is -0.760. The highest BCUT2D eigenvalue weighted by molar-refractivity contribution is 7.45. The summed E-state index contributed by atoms with van der Waals surface area (Å²) in [5, 5.41) is 13.7. The third-order valence-electron chi connectivity index (χ3n) is 8.75. The van der Waals surface area contributed by atoms with Crippen LogP contribution >= 0.6 is 7.82 Å². The Balaban J connectivity index is 4.52. The zero-order valence-electron chi connectivity index (χ0n) is 31.5. The SMILES string of the molecule is CCCCCCCCCCCCCC/C=C/C(O)C(COP(=O)([O-])OCC[N+](C)(C)C)NC(=O)CCCCCCCCCCCCC. The van der Waals surface area contributed by atoms with Crippen molar-refractivity contribution in [2.24, 2.45) is 0 Å². The molecule has 8 nitrogen and oxygen atoms in total. The van der Waals surface area contributed by atoms with Crippen LogP contribution in [0.1, 0.15) is 174 Å². The quantitative estimate of drug-likeness (QED) is 0.0297. The second-order valence-electron chi connectivity index (χ2n) is 14.6. The molecule has 0 bridgehead atoms. The minimum atomic E-state index is -4.57. The lowest BCUT2D eigenvalue weighted by atomic mass is 10.0. The summed E-state index contributed by atoms with van der Waals surface area (Å²) in [5.74, 6) is -0.199. The molecule has 47 heavy (non-hydrogen) atoms. The van der Waals surface area contributed by atoms with Gasteiger partial charge in [0.15, 0.2) is 0 Å². The van der Waals surface area contributed by atoms with Gasteiger partial charge in [0, 0.05) is 6.42 Å². The largest absolute Gasteiger partial charge is 0.756 e. The summed E-state index contributed by atoms with van der Waals surface area (Å²) in [5.41, 5.74) is 0. The van der Waals surface area contributed by atoms with Crippen molar-refractivity contribution in [3.63, 3.8) is 0 Å². The van der Waals surface area contributed by atoms with E-state index in [1.165, 1.54) is 116 Å². The second kappa shape index (κ2) is 31.2. The molecule has 0 aromatic heterocycles. The van der Waals surface area contributed by atoms with Crippen LogP contribution in [0, 0.1) is 0 Å². The minimum absolute atomic E-state index is 0.00165. The molecule has 3 unspecified atom stereocenters. The molecule has 0 aromatic carbocycles. The van der Waals surface area contributed by atoms with Gasteiger partial charge in [-0.1, -0.05) is 161 Å². The van der Waals surface area contributed by atoms with Gasteiger partial charge in [-0.3, -0.25) is 9.36 Å². The maximum Gasteiger partial charge on any atom is 0.268 e. The number of amides is 1. The van der Waals surface area contributed by atoms with E-state index >= 15 is 0 Å². The predicted octanol–water partition coefficient (Wildman–Crippen LogP) is 9.39. The summed E-state index contributed by atoms with van der Waals surface area (Å²) in [4.78, 5) is 25.1. The summed E-state index contributed by atoms with van der Waals surface area (Å²) in [6.45, 7) is 4.62. The molecule has 0 saturated heterocycles. The van der Waals surface area contributed by atoms with Gasteiger partial charge >= 0.3 is 0 Å². The molecule has 1 amide bonds. The van der Waals surface area contributed by atoms with E-state index in [4.69, 9.17) is 9.05 Å². The van der Waals surface area contributed by atoms with Crippen molar-refractivity contribution in [2.45, 2.75) is 187 Å². The highest BCUT2D eigenvalue weighted by Gasteiger charge is 2.23. The molecule has 9 heteroatoms. The fraction of sp³-hybridized carbons (Fsp3) is 0.921. The second-order valence-corrected chi connectivity index (χ2v) is 16.1. The van der Waals surface area contributed by atoms with Gasteiger partial charge in [0.25, 0.3) is 7.82 Å². The molecule has 0 aliphatic rings. The molecule has 0 aliphatic heterocycles. The van der Waals surface area contributed by atoms with Crippen LogP contribution in [0.25, 0.3) is 0 Å². The van der Waals surface area contributed by atoms with Crippen molar-refractivity contribution in [1.82, 2.24) is 5.32 Å². The summed E-state index contributed by atoms with van der Waals surface area (Å²) in [6, 6.07) is -0.877. The fourth-order valence-corrected chi connectivity index (χ4v) is 6.29. The number of hydrogen-bond donors (Lipinski definition) is 2. The average Bonchev–Trinajstić information content (AvgIpc) is 3.01. The van der Waals surface area contributed by atoms with Gasteiger partial charge in [0.05, 0.1) is 39.9 Å². The molecule has 0 heterocycles. The van der Waals surface area contributed by atoms with Crippen LogP contribution in [0.4, 0.5) is 0 Å². The summed E-state index contributed by atoms with van der Waals surface area (Å²) in [6.07, 6.45) is 32.4. The number of phosphoric ester groups is 1. The number of carbonyl (C=O) groups excluding carboxylic acids is 1. The molecule has 3 atom stereocenters. The molecule has 0 radical (unpaired) electrons. The molecule has 0 aromatic rings. The molecule has 0 saturated carbocycles. The molecule has 280 valence electrons. The van der Waals surface area contributed by atoms with Crippen molar-refractivity contribution in [1.29, 1.82) is 0 Å². The van der Waals surface area contributed by atoms with Gasteiger partial charge in [0.1, 0.15) is 13.2 Å². The van der Waals surface area contributed by atoms with E-state index in [0.717, 1.165) is 38.5 Å². The molecule has 0 rings (SSSR count). The van der Waals surface area contributed by atoms with Crippen molar-refractivity contribution < 1.29 is 32.9 Å². The maximum atomic E-state index is 12.7. The number of nitrogens with one attached hydrogen (secondary N) is 1. The highest BCUT2D eigenvalue weighted by atomic mass is 31.2. The first-order valence-corrected chi connectivity index (χ1v) is 21.0. The average molecular weight is 689 g/mol. The normalized spacial score (nSPS) is 14.8. The number of aliphatic hydroxyl groups excluding tert-OH is 1. The number of unbranched alkanes of at least 4 members (excludes halogenated alkanes) is 22. The fourth-order valence-electron chi connectivity index (χ4n) is 5.56. The first kappa shape index (κ1) is 46.2. The smallest absolute Gasteiger partial charge is 0.268 e. The Bertz CT molecular complexity index is 789. The van der Waals surface area contributed by atoms with Gasteiger partial charge in [-0.2, -0.15) is 0 Å². The van der Waals surface area contributed by atoms with E-state index in [1.54, 1.807) is 6.08 Å². The molecular formula is C38H77N2O6P. The van der Waals surface area contributed by atoms with E-state index in [-0.39, 0.29) is 19.1 Å². The van der Waals surface area contributed by atoms with Crippen LogP contribution in [-0.2, 0) is 18.4 Å². The number of hydrogen-bond acceptors (Lipinski definition) is 6. The molecular weight excluding hydrogens is 611 g/mol. The van der Waals surface area contributed by atoms with Gasteiger partial charge in [-0.15, -0.1) is 0 Å². The Labute approximate surface area is 291 Å². The van der Waals surface area contributed by atoms with E-state index in [1.807, 2.05) is 27.2 Å². The number of rotatable bonds is 35. The lowest BCUT2D eigenvalue weighted by molar-refractivity contribution is -0.870. The summed E-state index contributed by atoms with van der Waals surface area (Å²) >= 11 is 0. The number of carbonyl (C=O) groups is 1. The van der Waals surface area contributed by atoms with Crippen LogP contribution < -0.4 is 10.2 Å². The molecule has 0 spiro atoms. The van der Waals surface area contributed by atoms with Crippen molar-refractivity contribution >= 4 is 13.7 Å². The van der Waals surface area contributed by atoms with Crippen molar-refractivity contribution in [3.8, 4) is 0 Å².